The highest BCUT2D eigenvalue weighted by atomic mass is 35.5. The highest BCUT2D eigenvalue weighted by molar-refractivity contribution is 7.09. The molecule has 1 N–H and O–H groups in total. The highest BCUT2D eigenvalue weighted by Gasteiger charge is 2.19. The molecule has 19 heavy (non-hydrogen) atoms. The molecule has 1 heterocycles. The van der Waals surface area contributed by atoms with Crippen LogP contribution in [0.15, 0.2) is 29.9 Å². The lowest BCUT2D eigenvalue weighted by molar-refractivity contribution is 0.404. The second kappa shape index (κ2) is 6.89. The minimum absolute atomic E-state index is 0.0705. The lowest BCUT2D eigenvalue weighted by Crippen LogP contribution is -2.23. The second-order valence-corrected chi connectivity index (χ2v) is 5.53. The van der Waals surface area contributed by atoms with E-state index in [1.807, 2.05) is 29.9 Å². The van der Waals surface area contributed by atoms with Gasteiger partial charge in [-0.25, -0.2) is 0 Å². The van der Waals surface area contributed by atoms with E-state index in [1.165, 1.54) is 0 Å². The van der Waals surface area contributed by atoms with Crippen molar-refractivity contribution in [2.45, 2.75) is 19.4 Å². The fourth-order valence-electron chi connectivity index (χ4n) is 1.95. The van der Waals surface area contributed by atoms with Crippen molar-refractivity contribution < 1.29 is 4.74 Å². The summed E-state index contributed by atoms with van der Waals surface area (Å²) in [6, 6.07) is 5.77. The number of rotatable bonds is 6. The maximum atomic E-state index is 6.12. The van der Waals surface area contributed by atoms with Crippen LogP contribution in [0.4, 0.5) is 0 Å². The fraction of sp³-hybridized carbons (Fsp3) is 0.357. The van der Waals surface area contributed by atoms with Gasteiger partial charge in [0.1, 0.15) is 5.75 Å². The molecule has 0 bridgehead atoms. The van der Waals surface area contributed by atoms with Gasteiger partial charge in [0.15, 0.2) is 0 Å². The van der Waals surface area contributed by atoms with E-state index in [0.717, 1.165) is 29.2 Å². The molecule has 1 atom stereocenters. The summed E-state index contributed by atoms with van der Waals surface area (Å²) in [6.07, 6.45) is 2.95. The molecule has 1 aromatic carbocycles. The van der Waals surface area contributed by atoms with Crippen molar-refractivity contribution in [2.24, 2.45) is 0 Å². The van der Waals surface area contributed by atoms with Crippen LogP contribution < -0.4 is 10.1 Å². The van der Waals surface area contributed by atoms with Gasteiger partial charge in [0.05, 0.1) is 18.7 Å². The zero-order valence-corrected chi connectivity index (χ0v) is 12.6. The molecule has 2 rings (SSSR count). The number of aromatic nitrogens is 1. The van der Waals surface area contributed by atoms with Crippen molar-refractivity contribution in [3.63, 3.8) is 0 Å². The Bertz CT molecular complexity index is 516. The molecule has 1 aromatic heterocycles. The average Bonchev–Trinajstić information content (AvgIpc) is 2.93. The van der Waals surface area contributed by atoms with Gasteiger partial charge in [-0.15, -0.1) is 11.3 Å². The predicted octanol–water partition coefficient (Wildman–Crippen LogP) is 3.89. The number of nitrogens with one attached hydrogen (secondary N) is 1. The second-order valence-electron chi connectivity index (χ2n) is 4.18. The average molecular weight is 297 g/mol. The van der Waals surface area contributed by atoms with E-state index < -0.39 is 0 Å². The lowest BCUT2D eigenvalue weighted by atomic mass is 10.0. The number of ether oxygens (including phenoxy) is 1. The van der Waals surface area contributed by atoms with Crippen LogP contribution >= 0.6 is 22.9 Å². The molecule has 0 fully saturated rings. The SMILES string of the molecule is CCCNC(c1cncs1)c1cc(Cl)ccc1OC. The Labute approximate surface area is 122 Å². The van der Waals surface area contributed by atoms with Gasteiger partial charge in [-0.3, -0.25) is 4.98 Å². The number of hydrogen-bond donors (Lipinski definition) is 1. The third kappa shape index (κ3) is 3.47. The van der Waals surface area contributed by atoms with Gasteiger partial charge >= 0.3 is 0 Å². The van der Waals surface area contributed by atoms with E-state index >= 15 is 0 Å². The van der Waals surface area contributed by atoms with Crippen LogP contribution in [0.3, 0.4) is 0 Å². The quantitative estimate of drug-likeness (QED) is 0.878. The zero-order valence-electron chi connectivity index (χ0n) is 11.0. The summed E-state index contributed by atoms with van der Waals surface area (Å²) in [5, 5.41) is 4.23. The predicted molar refractivity (Wildman–Crippen MR) is 80.3 cm³/mol. The maximum absolute atomic E-state index is 6.12. The molecular weight excluding hydrogens is 280 g/mol. The Morgan fingerprint density at radius 3 is 2.95 bits per heavy atom. The van der Waals surface area contributed by atoms with Gasteiger partial charge in [-0.05, 0) is 31.2 Å². The number of hydrogen-bond acceptors (Lipinski definition) is 4. The fourth-order valence-corrected chi connectivity index (χ4v) is 2.84. The minimum atomic E-state index is 0.0705. The molecule has 1 unspecified atom stereocenters. The van der Waals surface area contributed by atoms with Crippen molar-refractivity contribution in [1.82, 2.24) is 10.3 Å². The van der Waals surface area contributed by atoms with E-state index in [-0.39, 0.29) is 6.04 Å². The molecule has 102 valence electrons. The van der Waals surface area contributed by atoms with E-state index in [2.05, 4.69) is 17.2 Å². The first-order chi connectivity index (χ1) is 9.26. The molecule has 0 saturated heterocycles. The molecule has 0 saturated carbocycles. The van der Waals surface area contributed by atoms with Crippen LogP contribution in [0.5, 0.6) is 5.75 Å². The van der Waals surface area contributed by atoms with Gasteiger partial charge in [-0.1, -0.05) is 18.5 Å². The van der Waals surface area contributed by atoms with Gasteiger partial charge in [-0.2, -0.15) is 0 Å². The smallest absolute Gasteiger partial charge is 0.124 e. The maximum Gasteiger partial charge on any atom is 0.124 e. The Morgan fingerprint density at radius 1 is 1.47 bits per heavy atom. The Hall–Kier alpha value is -1.10. The van der Waals surface area contributed by atoms with Crippen LogP contribution in [-0.4, -0.2) is 18.6 Å². The summed E-state index contributed by atoms with van der Waals surface area (Å²) in [5.41, 5.74) is 2.89. The van der Waals surface area contributed by atoms with Crippen LogP contribution in [0, 0.1) is 0 Å². The van der Waals surface area contributed by atoms with Gasteiger partial charge in [0, 0.05) is 21.7 Å². The summed E-state index contributed by atoms with van der Waals surface area (Å²) in [7, 11) is 1.68. The monoisotopic (exact) mass is 296 g/mol. The molecule has 0 aliphatic rings. The molecule has 0 spiro atoms. The number of thiazole rings is 1. The van der Waals surface area contributed by atoms with Crippen molar-refractivity contribution in [3.8, 4) is 5.75 Å². The summed E-state index contributed by atoms with van der Waals surface area (Å²) in [6.45, 7) is 3.07. The summed E-state index contributed by atoms with van der Waals surface area (Å²) in [5.74, 6) is 0.839. The topological polar surface area (TPSA) is 34.2 Å². The largest absolute Gasteiger partial charge is 0.496 e. The third-order valence-electron chi connectivity index (χ3n) is 2.84. The minimum Gasteiger partial charge on any atom is -0.496 e. The van der Waals surface area contributed by atoms with Crippen LogP contribution in [0.2, 0.25) is 5.02 Å². The molecule has 3 nitrogen and oxygen atoms in total. The van der Waals surface area contributed by atoms with Crippen molar-refractivity contribution in [1.29, 1.82) is 0 Å². The van der Waals surface area contributed by atoms with E-state index in [9.17, 15) is 0 Å². The standard InChI is InChI=1S/C14H17ClN2OS/c1-3-6-17-14(13-8-16-9-19-13)11-7-10(15)4-5-12(11)18-2/h4-5,7-9,14,17H,3,6H2,1-2H3. The van der Waals surface area contributed by atoms with Gasteiger partial charge < -0.3 is 10.1 Å². The number of methoxy groups -OCH3 is 1. The molecule has 2 aromatic rings. The van der Waals surface area contributed by atoms with Crippen LogP contribution in [-0.2, 0) is 0 Å². The van der Waals surface area contributed by atoms with Crippen molar-refractivity contribution in [2.75, 3.05) is 13.7 Å². The first kappa shape index (κ1) is 14.3. The van der Waals surface area contributed by atoms with Crippen molar-refractivity contribution in [3.05, 3.63) is 45.4 Å². The zero-order chi connectivity index (χ0) is 13.7. The Balaban J connectivity index is 2.39. The number of nitrogens with zero attached hydrogens (tertiary/aromatic N) is 1. The lowest BCUT2D eigenvalue weighted by Gasteiger charge is -2.20. The first-order valence-electron chi connectivity index (χ1n) is 6.21. The molecule has 0 aliphatic heterocycles. The van der Waals surface area contributed by atoms with Crippen LogP contribution in [0.1, 0.15) is 29.8 Å². The number of halogens is 1. The molecular formula is C14H17ClN2OS. The summed E-state index contributed by atoms with van der Waals surface area (Å²) in [4.78, 5) is 5.32. The molecule has 0 radical (unpaired) electrons. The molecule has 5 heteroatoms. The number of benzene rings is 1. The highest BCUT2D eigenvalue weighted by Crippen LogP contribution is 2.33. The first-order valence-corrected chi connectivity index (χ1v) is 7.47. The van der Waals surface area contributed by atoms with Gasteiger partial charge in [0.2, 0.25) is 0 Å². The van der Waals surface area contributed by atoms with E-state index in [4.69, 9.17) is 16.3 Å². The summed E-state index contributed by atoms with van der Waals surface area (Å²) < 4.78 is 5.44. The Kier molecular flexibility index (Phi) is 5.19. The van der Waals surface area contributed by atoms with E-state index in [1.54, 1.807) is 18.4 Å². The normalized spacial score (nSPS) is 12.4. The van der Waals surface area contributed by atoms with E-state index in [0.29, 0.717) is 5.02 Å². The third-order valence-corrected chi connectivity index (χ3v) is 3.91. The van der Waals surface area contributed by atoms with Gasteiger partial charge in [0.25, 0.3) is 0 Å². The Morgan fingerprint density at radius 2 is 2.32 bits per heavy atom. The summed E-state index contributed by atoms with van der Waals surface area (Å²) >= 11 is 7.75. The molecule has 0 aliphatic carbocycles. The van der Waals surface area contributed by atoms with Crippen LogP contribution in [0.25, 0.3) is 0 Å². The van der Waals surface area contributed by atoms with Crippen molar-refractivity contribution >= 4 is 22.9 Å². The molecule has 0 amide bonds.